The zero-order valence-electron chi connectivity index (χ0n) is 23.5. The lowest BCUT2D eigenvalue weighted by Gasteiger charge is -2.11. The standard InChI is InChI=1S/C35H28Cl2N4O/c1-21-11-16-32-28(17-21)29(18-33(39-32)24-12-14-26(36)15-13-24)35(42)40-38-19-30-23(3)41(20-25-8-4-5-10-31(25)37)34-22(2)7-6-9-27(30)34/h4-19H,20H2,1-3H3,(H,40,42)/b38-19+. The second-order valence-electron chi connectivity index (χ2n) is 10.4. The number of benzene rings is 4. The number of amides is 1. The number of pyridine rings is 1. The maximum atomic E-state index is 13.6. The highest BCUT2D eigenvalue weighted by atomic mass is 35.5. The maximum absolute atomic E-state index is 13.6. The van der Waals surface area contributed by atoms with Gasteiger partial charge < -0.3 is 4.57 Å². The van der Waals surface area contributed by atoms with E-state index in [4.69, 9.17) is 28.2 Å². The minimum absolute atomic E-state index is 0.312. The molecule has 0 bridgehead atoms. The summed E-state index contributed by atoms with van der Waals surface area (Å²) >= 11 is 12.6. The molecule has 6 aromatic rings. The molecule has 2 heterocycles. The van der Waals surface area contributed by atoms with Crippen molar-refractivity contribution in [3.8, 4) is 11.3 Å². The monoisotopic (exact) mass is 590 g/mol. The average molecular weight is 592 g/mol. The van der Waals surface area contributed by atoms with Crippen molar-refractivity contribution in [2.75, 3.05) is 0 Å². The number of hydrogen-bond donors (Lipinski definition) is 1. The van der Waals surface area contributed by atoms with Crippen molar-refractivity contribution in [2.24, 2.45) is 5.10 Å². The first-order chi connectivity index (χ1) is 20.3. The Labute approximate surface area is 254 Å². The molecule has 7 heteroatoms. The number of nitrogens with one attached hydrogen (secondary N) is 1. The van der Waals surface area contributed by atoms with E-state index in [-0.39, 0.29) is 5.91 Å². The number of rotatable bonds is 6. The van der Waals surface area contributed by atoms with E-state index in [1.165, 1.54) is 0 Å². The third kappa shape index (κ3) is 5.29. The number of para-hydroxylation sites is 1. The summed E-state index contributed by atoms with van der Waals surface area (Å²) in [5, 5.41) is 7.64. The molecular weight excluding hydrogens is 563 g/mol. The van der Waals surface area contributed by atoms with Crippen LogP contribution in [0.25, 0.3) is 33.1 Å². The van der Waals surface area contributed by atoms with Gasteiger partial charge >= 0.3 is 0 Å². The summed E-state index contributed by atoms with van der Waals surface area (Å²) in [6.07, 6.45) is 1.73. The van der Waals surface area contributed by atoms with E-state index in [1.807, 2.05) is 79.7 Å². The minimum atomic E-state index is -0.312. The van der Waals surface area contributed by atoms with Crippen molar-refractivity contribution in [3.63, 3.8) is 0 Å². The molecule has 6 rings (SSSR count). The highest BCUT2D eigenvalue weighted by molar-refractivity contribution is 6.31. The van der Waals surface area contributed by atoms with Crippen LogP contribution in [0.4, 0.5) is 0 Å². The van der Waals surface area contributed by atoms with Gasteiger partial charge in [-0.1, -0.05) is 83.4 Å². The number of hydrazone groups is 1. The quantitative estimate of drug-likeness (QED) is 0.155. The summed E-state index contributed by atoms with van der Waals surface area (Å²) in [5.74, 6) is -0.312. The Morgan fingerprint density at radius 2 is 1.69 bits per heavy atom. The maximum Gasteiger partial charge on any atom is 0.272 e. The van der Waals surface area contributed by atoms with Crippen LogP contribution in [0.5, 0.6) is 0 Å². The molecule has 208 valence electrons. The summed E-state index contributed by atoms with van der Waals surface area (Å²) < 4.78 is 2.26. The molecule has 1 amide bonds. The third-order valence-corrected chi connectivity index (χ3v) is 8.21. The van der Waals surface area contributed by atoms with Crippen molar-refractivity contribution < 1.29 is 4.79 Å². The van der Waals surface area contributed by atoms with Crippen molar-refractivity contribution in [3.05, 3.63) is 135 Å². The molecule has 1 N–H and O–H groups in total. The molecule has 2 aromatic heterocycles. The number of aromatic nitrogens is 2. The van der Waals surface area contributed by atoms with E-state index in [2.05, 4.69) is 41.1 Å². The molecule has 0 aliphatic carbocycles. The fourth-order valence-electron chi connectivity index (χ4n) is 5.41. The topological polar surface area (TPSA) is 59.3 Å². The van der Waals surface area contributed by atoms with E-state index in [0.29, 0.717) is 22.8 Å². The SMILES string of the molecule is Cc1ccc2nc(-c3ccc(Cl)cc3)cc(C(=O)N/N=C/c3c(C)n(Cc4ccccc4Cl)c4c(C)cccc34)c2c1. The first kappa shape index (κ1) is 27.7. The number of hydrogen-bond acceptors (Lipinski definition) is 3. The van der Waals surface area contributed by atoms with Crippen LogP contribution in [0, 0.1) is 20.8 Å². The van der Waals surface area contributed by atoms with Crippen LogP contribution in [0.3, 0.4) is 0 Å². The molecule has 0 aliphatic rings. The highest BCUT2D eigenvalue weighted by Gasteiger charge is 2.17. The van der Waals surface area contributed by atoms with Crippen molar-refractivity contribution in [2.45, 2.75) is 27.3 Å². The predicted octanol–water partition coefficient (Wildman–Crippen LogP) is 8.90. The van der Waals surface area contributed by atoms with Gasteiger partial charge in [-0.2, -0.15) is 5.10 Å². The molecule has 0 spiro atoms. The summed E-state index contributed by atoms with van der Waals surface area (Å²) in [5.41, 5.74) is 11.9. The number of halogens is 2. The van der Waals surface area contributed by atoms with Gasteiger partial charge in [0.15, 0.2) is 0 Å². The highest BCUT2D eigenvalue weighted by Crippen LogP contribution is 2.30. The molecule has 0 saturated heterocycles. The number of carbonyl (C=O) groups is 1. The molecule has 0 radical (unpaired) electrons. The van der Waals surface area contributed by atoms with Gasteiger partial charge in [-0.05, 0) is 68.3 Å². The van der Waals surface area contributed by atoms with Crippen LogP contribution >= 0.6 is 23.2 Å². The van der Waals surface area contributed by atoms with E-state index in [0.717, 1.165) is 60.3 Å². The Bertz CT molecular complexity index is 2010. The van der Waals surface area contributed by atoms with Crippen LogP contribution in [0.2, 0.25) is 10.0 Å². The fraction of sp³-hybridized carbons (Fsp3) is 0.114. The van der Waals surface area contributed by atoms with Gasteiger partial charge in [0.1, 0.15) is 0 Å². The largest absolute Gasteiger partial charge is 0.340 e. The minimum Gasteiger partial charge on any atom is -0.340 e. The number of carbonyl (C=O) groups excluding carboxylic acids is 1. The smallest absolute Gasteiger partial charge is 0.272 e. The van der Waals surface area contributed by atoms with Gasteiger partial charge in [0.05, 0.1) is 28.5 Å². The fourth-order valence-corrected chi connectivity index (χ4v) is 5.73. The molecule has 0 atom stereocenters. The zero-order valence-corrected chi connectivity index (χ0v) is 25.0. The average Bonchev–Trinajstić information content (AvgIpc) is 3.25. The van der Waals surface area contributed by atoms with Crippen molar-refractivity contribution >= 4 is 57.1 Å². The van der Waals surface area contributed by atoms with Crippen molar-refractivity contribution in [1.82, 2.24) is 15.0 Å². The Morgan fingerprint density at radius 1 is 0.905 bits per heavy atom. The Morgan fingerprint density at radius 3 is 2.48 bits per heavy atom. The van der Waals surface area contributed by atoms with Gasteiger partial charge in [0, 0.05) is 44.2 Å². The summed E-state index contributed by atoms with van der Waals surface area (Å²) in [7, 11) is 0. The predicted molar refractivity (Wildman–Crippen MR) is 174 cm³/mol. The molecular formula is C35H28Cl2N4O. The zero-order chi connectivity index (χ0) is 29.4. The van der Waals surface area contributed by atoms with Gasteiger partial charge in [0.2, 0.25) is 0 Å². The lowest BCUT2D eigenvalue weighted by atomic mass is 10.0. The van der Waals surface area contributed by atoms with Crippen LogP contribution in [-0.4, -0.2) is 21.7 Å². The Hall–Kier alpha value is -4.45. The lowest BCUT2D eigenvalue weighted by Crippen LogP contribution is -2.18. The molecule has 0 fully saturated rings. The lowest BCUT2D eigenvalue weighted by molar-refractivity contribution is 0.0956. The summed E-state index contributed by atoms with van der Waals surface area (Å²) in [6.45, 7) is 6.79. The number of nitrogens with zero attached hydrogens (tertiary/aromatic N) is 3. The number of aryl methyl sites for hydroxylation is 2. The van der Waals surface area contributed by atoms with E-state index < -0.39 is 0 Å². The molecule has 0 aliphatic heterocycles. The van der Waals surface area contributed by atoms with Crippen molar-refractivity contribution in [1.29, 1.82) is 0 Å². The van der Waals surface area contributed by atoms with Gasteiger partial charge in [-0.25, -0.2) is 10.4 Å². The second-order valence-corrected chi connectivity index (χ2v) is 11.3. The van der Waals surface area contributed by atoms with Crippen LogP contribution in [0.1, 0.15) is 38.3 Å². The van der Waals surface area contributed by atoms with Crippen LogP contribution < -0.4 is 5.43 Å². The summed E-state index contributed by atoms with van der Waals surface area (Å²) in [6, 6.07) is 29.2. The van der Waals surface area contributed by atoms with E-state index >= 15 is 0 Å². The molecule has 0 unspecified atom stereocenters. The molecule has 5 nitrogen and oxygen atoms in total. The first-order valence-electron chi connectivity index (χ1n) is 13.6. The van der Waals surface area contributed by atoms with E-state index in [1.54, 1.807) is 12.3 Å². The Balaban J connectivity index is 1.36. The second kappa shape index (κ2) is 11.4. The molecule has 0 saturated carbocycles. The molecule has 42 heavy (non-hydrogen) atoms. The van der Waals surface area contributed by atoms with Gasteiger partial charge in [-0.15, -0.1) is 0 Å². The van der Waals surface area contributed by atoms with Crippen LogP contribution in [0.15, 0.2) is 96.1 Å². The third-order valence-electron chi connectivity index (χ3n) is 7.59. The summed E-state index contributed by atoms with van der Waals surface area (Å²) in [4.78, 5) is 18.4. The first-order valence-corrected chi connectivity index (χ1v) is 14.4. The van der Waals surface area contributed by atoms with Gasteiger partial charge in [-0.3, -0.25) is 4.79 Å². The van der Waals surface area contributed by atoms with Gasteiger partial charge in [0.25, 0.3) is 5.91 Å². The van der Waals surface area contributed by atoms with E-state index in [9.17, 15) is 4.79 Å². The normalized spacial score (nSPS) is 11.5. The Kier molecular flexibility index (Phi) is 7.55. The molecule has 4 aromatic carbocycles. The number of fused-ring (bicyclic) bond motifs is 2. The van der Waals surface area contributed by atoms with Crippen LogP contribution in [-0.2, 0) is 6.54 Å².